The van der Waals surface area contributed by atoms with E-state index in [4.69, 9.17) is 4.74 Å². The second-order valence-electron chi connectivity index (χ2n) is 10.2. The van der Waals surface area contributed by atoms with Crippen LogP contribution >= 0.6 is 27.7 Å². The lowest BCUT2D eigenvalue weighted by atomic mass is 9.87. The Morgan fingerprint density at radius 2 is 1.37 bits per heavy atom. The maximum atomic E-state index is 15.1. The van der Waals surface area contributed by atoms with Crippen LogP contribution in [0.1, 0.15) is 33.9 Å². The number of ether oxygens (including phenoxy) is 1. The van der Waals surface area contributed by atoms with Crippen molar-refractivity contribution < 1.29 is 9.53 Å². The molecule has 0 saturated heterocycles. The summed E-state index contributed by atoms with van der Waals surface area (Å²) in [4.78, 5) is 18.1. The van der Waals surface area contributed by atoms with Gasteiger partial charge in [0.2, 0.25) is 5.72 Å². The van der Waals surface area contributed by atoms with Crippen LogP contribution in [0.3, 0.4) is 0 Å². The van der Waals surface area contributed by atoms with Gasteiger partial charge in [-0.05, 0) is 35.4 Å². The number of amides is 1. The molecule has 5 heteroatoms. The highest BCUT2D eigenvalue weighted by Crippen LogP contribution is 2.58. The van der Waals surface area contributed by atoms with Gasteiger partial charge in [0, 0.05) is 32.2 Å². The van der Waals surface area contributed by atoms with Crippen molar-refractivity contribution in [2.75, 3.05) is 4.90 Å². The standard InChI is InChI=1S/C36H26BrNO2S/c37-29-20-12-17-27(23-29)32-24-36(28-18-8-3-9-19-28)38(30-21-10-11-22-31(30)41-32)35(39)33(25-13-4-1-5-14-25)34(40-36)26-15-6-2-7-16-26/h1-23,32H,24H2. The van der Waals surface area contributed by atoms with E-state index in [1.807, 2.05) is 108 Å². The molecule has 5 aromatic rings. The summed E-state index contributed by atoms with van der Waals surface area (Å²) in [5.74, 6) is 0.521. The quantitative estimate of drug-likeness (QED) is 0.202. The van der Waals surface area contributed by atoms with Crippen molar-refractivity contribution in [2.45, 2.75) is 22.3 Å². The monoisotopic (exact) mass is 615 g/mol. The predicted octanol–water partition coefficient (Wildman–Crippen LogP) is 9.47. The molecule has 0 N–H and O–H groups in total. The first-order valence-corrected chi connectivity index (χ1v) is 15.3. The first-order chi connectivity index (χ1) is 20.1. The number of para-hydroxylation sites is 1. The maximum absolute atomic E-state index is 15.1. The zero-order valence-electron chi connectivity index (χ0n) is 22.1. The third-order valence-electron chi connectivity index (χ3n) is 7.66. The van der Waals surface area contributed by atoms with Crippen LogP contribution in [0.5, 0.6) is 0 Å². The Kier molecular flexibility index (Phi) is 6.77. The molecule has 1 amide bonds. The van der Waals surface area contributed by atoms with Gasteiger partial charge in [-0.1, -0.05) is 131 Å². The number of hydrogen-bond donors (Lipinski definition) is 0. The van der Waals surface area contributed by atoms with Crippen molar-refractivity contribution in [1.29, 1.82) is 0 Å². The molecular weight excluding hydrogens is 590 g/mol. The van der Waals surface area contributed by atoms with Gasteiger partial charge in [-0.3, -0.25) is 9.69 Å². The zero-order valence-corrected chi connectivity index (χ0v) is 24.5. The number of anilines is 1. The molecule has 2 aliphatic heterocycles. The summed E-state index contributed by atoms with van der Waals surface area (Å²) in [5, 5.41) is 0.0157. The van der Waals surface area contributed by atoms with Gasteiger partial charge in [-0.2, -0.15) is 0 Å². The summed E-state index contributed by atoms with van der Waals surface area (Å²) in [6.07, 6.45) is 0.553. The van der Waals surface area contributed by atoms with Gasteiger partial charge >= 0.3 is 0 Å². The number of thioether (sulfide) groups is 1. The maximum Gasteiger partial charge on any atom is 0.266 e. The minimum absolute atomic E-state index is 0.0157. The van der Waals surface area contributed by atoms with E-state index in [1.54, 1.807) is 11.8 Å². The largest absolute Gasteiger partial charge is 0.462 e. The fourth-order valence-electron chi connectivity index (χ4n) is 5.81. The highest BCUT2D eigenvalue weighted by atomic mass is 79.9. The molecule has 3 nitrogen and oxygen atoms in total. The first-order valence-electron chi connectivity index (χ1n) is 13.6. The van der Waals surface area contributed by atoms with E-state index in [-0.39, 0.29) is 11.2 Å². The van der Waals surface area contributed by atoms with Crippen LogP contribution in [0.2, 0.25) is 0 Å². The molecule has 0 bridgehead atoms. The minimum atomic E-state index is -1.09. The number of nitrogens with zero attached hydrogens (tertiary/aromatic N) is 1. The summed E-state index contributed by atoms with van der Waals surface area (Å²) in [5.41, 5.74) is 4.13. The van der Waals surface area contributed by atoms with Gasteiger partial charge in [0.1, 0.15) is 5.76 Å². The lowest BCUT2D eigenvalue weighted by Crippen LogP contribution is -2.55. The van der Waals surface area contributed by atoms with Crippen LogP contribution in [-0.4, -0.2) is 5.91 Å². The van der Waals surface area contributed by atoms with Gasteiger partial charge in [0.15, 0.2) is 0 Å². The molecule has 41 heavy (non-hydrogen) atoms. The fraction of sp³-hybridized carbons (Fsp3) is 0.0833. The van der Waals surface area contributed by atoms with Crippen LogP contribution in [0, 0.1) is 0 Å². The molecule has 2 heterocycles. The Morgan fingerprint density at radius 1 is 0.732 bits per heavy atom. The van der Waals surface area contributed by atoms with Crippen molar-refractivity contribution in [3.05, 3.63) is 166 Å². The number of benzene rings is 5. The van der Waals surface area contributed by atoms with E-state index in [0.29, 0.717) is 17.8 Å². The second kappa shape index (κ2) is 10.7. The van der Waals surface area contributed by atoms with Gasteiger partial charge in [-0.15, -0.1) is 11.8 Å². The lowest BCUT2D eigenvalue weighted by molar-refractivity contribution is -0.120. The SMILES string of the molecule is O=C1C(c2ccccc2)=C(c2ccccc2)OC2(c3ccccc3)CC(c3cccc(Br)c3)Sc3ccccc3N12. The number of carbonyl (C=O) groups excluding carboxylic acids is 1. The predicted molar refractivity (Wildman–Crippen MR) is 170 cm³/mol. The number of hydrogen-bond acceptors (Lipinski definition) is 3. The lowest BCUT2D eigenvalue weighted by Gasteiger charge is -2.48. The van der Waals surface area contributed by atoms with E-state index >= 15 is 4.79 Å². The van der Waals surface area contributed by atoms with E-state index in [0.717, 1.165) is 31.7 Å². The number of halogens is 1. The molecule has 2 atom stereocenters. The van der Waals surface area contributed by atoms with Crippen molar-refractivity contribution in [1.82, 2.24) is 0 Å². The molecule has 5 aromatic carbocycles. The van der Waals surface area contributed by atoms with Crippen LogP contribution in [-0.2, 0) is 15.3 Å². The summed E-state index contributed by atoms with van der Waals surface area (Å²) in [6.45, 7) is 0. The van der Waals surface area contributed by atoms with Gasteiger partial charge < -0.3 is 4.74 Å². The summed E-state index contributed by atoms with van der Waals surface area (Å²) >= 11 is 5.46. The highest BCUT2D eigenvalue weighted by molar-refractivity contribution is 9.10. The van der Waals surface area contributed by atoms with Gasteiger partial charge in [0.25, 0.3) is 5.91 Å². The third kappa shape index (κ3) is 4.59. The molecule has 200 valence electrons. The van der Waals surface area contributed by atoms with Crippen molar-refractivity contribution in [3.8, 4) is 0 Å². The second-order valence-corrected chi connectivity index (χ2v) is 12.3. The Morgan fingerprint density at radius 3 is 2.07 bits per heavy atom. The Labute approximate surface area is 252 Å². The Balaban J connectivity index is 1.55. The van der Waals surface area contributed by atoms with E-state index in [9.17, 15) is 0 Å². The Bertz CT molecular complexity index is 1760. The van der Waals surface area contributed by atoms with Crippen LogP contribution in [0.15, 0.2) is 149 Å². The number of rotatable bonds is 4. The van der Waals surface area contributed by atoms with Gasteiger partial charge in [0.05, 0.1) is 11.3 Å². The average molecular weight is 617 g/mol. The topological polar surface area (TPSA) is 29.5 Å². The first kappa shape index (κ1) is 25.9. The molecule has 2 aliphatic rings. The van der Waals surface area contributed by atoms with Crippen molar-refractivity contribution >= 4 is 50.6 Å². The van der Waals surface area contributed by atoms with Crippen LogP contribution in [0.4, 0.5) is 5.69 Å². The highest BCUT2D eigenvalue weighted by Gasteiger charge is 2.54. The van der Waals surface area contributed by atoms with Crippen LogP contribution in [0.25, 0.3) is 11.3 Å². The molecule has 0 radical (unpaired) electrons. The molecular formula is C36H26BrNO2S. The van der Waals surface area contributed by atoms with E-state index in [1.165, 1.54) is 5.56 Å². The molecule has 7 rings (SSSR count). The summed E-state index contributed by atoms with van der Waals surface area (Å²) in [7, 11) is 0. The van der Waals surface area contributed by atoms with Crippen LogP contribution < -0.4 is 4.90 Å². The molecule has 0 spiro atoms. The summed E-state index contributed by atoms with van der Waals surface area (Å²) < 4.78 is 8.39. The summed E-state index contributed by atoms with van der Waals surface area (Å²) in [6, 6.07) is 46.7. The zero-order chi connectivity index (χ0) is 27.8. The number of carbonyl (C=O) groups is 1. The molecule has 0 saturated carbocycles. The van der Waals surface area contributed by atoms with E-state index in [2.05, 4.69) is 52.3 Å². The third-order valence-corrected chi connectivity index (χ3v) is 9.47. The smallest absolute Gasteiger partial charge is 0.266 e. The van der Waals surface area contributed by atoms with Crippen molar-refractivity contribution in [2.24, 2.45) is 0 Å². The average Bonchev–Trinajstić information content (AvgIpc) is 3.18. The van der Waals surface area contributed by atoms with Crippen molar-refractivity contribution in [3.63, 3.8) is 0 Å². The molecule has 2 unspecified atom stereocenters. The molecule has 0 aromatic heterocycles. The van der Waals surface area contributed by atoms with Gasteiger partial charge in [-0.25, -0.2) is 0 Å². The molecule has 0 fully saturated rings. The fourth-order valence-corrected chi connectivity index (χ4v) is 7.57. The normalized spacial score (nSPS) is 20.1. The number of fused-ring (bicyclic) bond motifs is 3. The Hall–Kier alpha value is -4.06. The van der Waals surface area contributed by atoms with E-state index < -0.39 is 5.72 Å². The minimum Gasteiger partial charge on any atom is -0.462 e. The molecule has 0 aliphatic carbocycles.